The third-order valence-corrected chi connectivity index (χ3v) is 2.61. The van der Waals surface area contributed by atoms with Crippen LogP contribution < -0.4 is 0 Å². The summed E-state index contributed by atoms with van der Waals surface area (Å²) in [7, 11) is 0. The number of aryl methyl sites for hydroxylation is 1. The molecular formula is C12H12F2N2O. The molecule has 1 N–H and O–H groups in total. The van der Waals surface area contributed by atoms with E-state index in [2.05, 4.69) is 5.10 Å². The summed E-state index contributed by atoms with van der Waals surface area (Å²) >= 11 is 0. The normalized spacial score (nSPS) is 11.1. The van der Waals surface area contributed by atoms with Crippen LogP contribution in [0.25, 0.3) is 5.69 Å². The van der Waals surface area contributed by atoms with Gasteiger partial charge in [0.2, 0.25) is 0 Å². The maximum Gasteiger partial charge on any atom is 0.280 e. The first-order chi connectivity index (χ1) is 8.15. The lowest BCUT2D eigenvalue weighted by atomic mass is 10.2. The van der Waals surface area contributed by atoms with E-state index >= 15 is 0 Å². The van der Waals surface area contributed by atoms with Crippen molar-refractivity contribution in [1.29, 1.82) is 0 Å². The fourth-order valence-electron chi connectivity index (χ4n) is 1.74. The van der Waals surface area contributed by atoms with Crippen LogP contribution in [0.15, 0.2) is 30.5 Å². The predicted molar refractivity (Wildman–Crippen MR) is 59.2 cm³/mol. The summed E-state index contributed by atoms with van der Waals surface area (Å²) in [5, 5.41) is 12.9. The van der Waals surface area contributed by atoms with Gasteiger partial charge in [0.05, 0.1) is 18.5 Å². The zero-order valence-electron chi connectivity index (χ0n) is 9.27. The molecule has 90 valence electrons. The lowest BCUT2D eigenvalue weighted by Crippen LogP contribution is -2.05. The molecule has 0 fully saturated rings. The first-order valence-corrected chi connectivity index (χ1v) is 5.17. The molecule has 0 aliphatic heterocycles. The van der Waals surface area contributed by atoms with E-state index in [1.54, 1.807) is 12.1 Å². The molecule has 0 aliphatic rings. The van der Waals surface area contributed by atoms with Gasteiger partial charge in [-0.1, -0.05) is 18.2 Å². The van der Waals surface area contributed by atoms with Gasteiger partial charge in [0.15, 0.2) is 0 Å². The molecule has 1 heterocycles. The molecule has 2 rings (SSSR count). The van der Waals surface area contributed by atoms with Gasteiger partial charge in [0.25, 0.3) is 6.43 Å². The van der Waals surface area contributed by atoms with Crippen LogP contribution in [-0.2, 0) is 6.61 Å². The number of para-hydroxylation sites is 1. The molecule has 5 heteroatoms. The van der Waals surface area contributed by atoms with Gasteiger partial charge in [0.1, 0.15) is 5.69 Å². The van der Waals surface area contributed by atoms with Crippen LogP contribution in [0.5, 0.6) is 0 Å². The third-order valence-electron chi connectivity index (χ3n) is 2.61. The molecule has 3 nitrogen and oxygen atoms in total. The number of alkyl halides is 2. The Morgan fingerprint density at radius 1 is 1.35 bits per heavy atom. The van der Waals surface area contributed by atoms with Crippen molar-refractivity contribution in [3.8, 4) is 5.69 Å². The van der Waals surface area contributed by atoms with Crippen molar-refractivity contribution in [1.82, 2.24) is 9.78 Å². The number of hydrogen-bond acceptors (Lipinski definition) is 2. The maximum atomic E-state index is 13.0. The van der Waals surface area contributed by atoms with Crippen LogP contribution in [0.4, 0.5) is 8.78 Å². The molecule has 1 aromatic heterocycles. The number of aromatic nitrogens is 2. The SMILES string of the molecule is Cc1ccccc1-n1ncc(CO)c1C(F)F. The average Bonchev–Trinajstić information content (AvgIpc) is 2.73. The van der Waals surface area contributed by atoms with Crippen LogP contribution in [0.1, 0.15) is 23.2 Å². The minimum atomic E-state index is -2.67. The van der Waals surface area contributed by atoms with Crippen LogP contribution in [0, 0.1) is 6.92 Å². The Kier molecular flexibility index (Phi) is 3.19. The smallest absolute Gasteiger partial charge is 0.280 e. The Morgan fingerprint density at radius 2 is 2.06 bits per heavy atom. The fourth-order valence-corrected chi connectivity index (χ4v) is 1.74. The van der Waals surface area contributed by atoms with Gasteiger partial charge in [-0.05, 0) is 18.6 Å². The minimum Gasteiger partial charge on any atom is -0.392 e. The second-order valence-electron chi connectivity index (χ2n) is 3.71. The van der Waals surface area contributed by atoms with Gasteiger partial charge < -0.3 is 5.11 Å². The summed E-state index contributed by atoms with van der Waals surface area (Å²) < 4.78 is 27.1. The number of benzene rings is 1. The third kappa shape index (κ3) is 2.06. The summed E-state index contributed by atoms with van der Waals surface area (Å²) in [5.74, 6) is 0. The lowest BCUT2D eigenvalue weighted by molar-refractivity contribution is 0.138. The van der Waals surface area contributed by atoms with Crippen molar-refractivity contribution in [3.05, 3.63) is 47.3 Å². The largest absolute Gasteiger partial charge is 0.392 e. The highest BCUT2D eigenvalue weighted by atomic mass is 19.3. The van der Waals surface area contributed by atoms with Gasteiger partial charge in [0, 0.05) is 5.56 Å². The summed E-state index contributed by atoms with van der Waals surface area (Å²) in [5.41, 5.74) is 1.36. The molecule has 0 amide bonds. The molecule has 0 atom stereocenters. The highest BCUT2D eigenvalue weighted by Crippen LogP contribution is 2.26. The standard InChI is InChI=1S/C12H12F2N2O/c1-8-4-2-3-5-10(8)16-11(12(13)14)9(7-17)6-15-16/h2-6,12,17H,7H2,1H3. The van der Waals surface area contributed by atoms with Crippen LogP contribution in [0.3, 0.4) is 0 Å². The molecule has 0 aliphatic carbocycles. The monoisotopic (exact) mass is 238 g/mol. The Bertz CT molecular complexity index is 523. The molecular weight excluding hydrogens is 226 g/mol. The first kappa shape index (κ1) is 11.7. The Morgan fingerprint density at radius 3 is 2.65 bits per heavy atom. The number of aliphatic hydroxyl groups excluding tert-OH is 1. The Labute approximate surface area is 97.3 Å². The quantitative estimate of drug-likeness (QED) is 0.892. The van der Waals surface area contributed by atoms with E-state index in [9.17, 15) is 8.78 Å². The zero-order valence-corrected chi connectivity index (χ0v) is 9.27. The molecule has 1 aromatic carbocycles. The summed E-state index contributed by atoms with van der Waals surface area (Å²) in [4.78, 5) is 0. The highest BCUT2D eigenvalue weighted by Gasteiger charge is 2.20. The molecule has 17 heavy (non-hydrogen) atoms. The number of hydrogen-bond donors (Lipinski definition) is 1. The number of halogens is 2. The van der Waals surface area contributed by atoms with Crippen molar-refractivity contribution in [2.75, 3.05) is 0 Å². The van der Waals surface area contributed by atoms with Gasteiger partial charge in [-0.3, -0.25) is 0 Å². The predicted octanol–water partition coefficient (Wildman–Crippen LogP) is 2.61. The summed E-state index contributed by atoms with van der Waals surface area (Å²) in [6.45, 7) is 1.39. The van der Waals surface area contributed by atoms with E-state index in [0.29, 0.717) is 5.69 Å². The first-order valence-electron chi connectivity index (χ1n) is 5.17. The van der Waals surface area contributed by atoms with Crippen LogP contribution in [-0.4, -0.2) is 14.9 Å². The van der Waals surface area contributed by atoms with Crippen LogP contribution >= 0.6 is 0 Å². The van der Waals surface area contributed by atoms with Crippen molar-refractivity contribution in [2.45, 2.75) is 20.0 Å². The maximum absolute atomic E-state index is 13.0. The van der Waals surface area contributed by atoms with Crippen LogP contribution in [0.2, 0.25) is 0 Å². The van der Waals surface area contributed by atoms with Gasteiger partial charge >= 0.3 is 0 Å². The zero-order chi connectivity index (χ0) is 12.4. The molecule has 0 spiro atoms. The molecule has 0 unspecified atom stereocenters. The van der Waals surface area contributed by atoms with Gasteiger partial charge in [-0.2, -0.15) is 5.10 Å². The molecule has 0 saturated carbocycles. The second-order valence-corrected chi connectivity index (χ2v) is 3.71. The Hall–Kier alpha value is -1.75. The summed E-state index contributed by atoms with van der Waals surface area (Å²) in [6, 6.07) is 7.13. The molecule has 0 radical (unpaired) electrons. The average molecular weight is 238 g/mol. The topological polar surface area (TPSA) is 38.0 Å². The van der Waals surface area contributed by atoms with E-state index in [1.165, 1.54) is 10.9 Å². The fraction of sp³-hybridized carbons (Fsp3) is 0.250. The Balaban J connectivity index is 2.60. The van der Waals surface area contributed by atoms with E-state index in [-0.39, 0.29) is 11.3 Å². The van der Waals surface area contributed by atoms with Gasteiger partial charge in [-0.25, -0.2) is 13.5 Å². The molecule has 0 saturated heterocycles. The molecule has 0 bridgehead atoms. The van der Waals surface area contributed by atoms with Crippen molar-refractivity contribution in [3.63, 3.8) is 0 Å². The summed E-state index contributed by atoms with van der Waals surface area (Å²) in [6.07, 6.45) is -1.40. The second kappa shape index (κ2) is 4.63. The van der Waals surface area contributed by atoms with E-state index in [0.717, 1.165) is 5.56 Å². The van der Waals surface area contributed by atoms with E-state index < -0.39 is 13.0 Å². The number of nitrogens with zero attached hydrogens (tertiary/aromatic N) is 2. The lowest BCUT2D eigenvalue weighted by Gasteiger charge is -2.10. The van der Waals surface area contributed by atoms with Gasteiger partial charge in [-0.15, -0.1) is 0 Å². The number of aliphatic hydroxyl groups is 1. The number of rotatable bonds is 3. The molecule has 2 aromatic rings. The minimum absolute atomic E-state index is 0.156. The van der Waals surface area contributed by atoms with Crippen molar-refractivity contribution >= 4 is 0 Å². The van der Waals surface area contributed by atoms with E-state index in [1.807, 2.05) is 19.1 Å². The van der Waals surface area contributed by atoms with Crippen molar-refractivity contribution < 1.29 is 13.9 Å². The van der Waals surface area contributed by atoms with E-state index in [4.69, 9.17) is 5.11 Å². The van der Waals surface area contributed by atoms with Crippen molar-refractivity contribution in [2.24, 2.45) is 0 Å². The highest BCUT2D eigenvalue weighted by molar-refractivity contribution is 5.42.